The van der Waals surface area contributed by atoms with E-state index in [-0.39, 0.29) is 0 Å². The number of aromatic amines is 1. The van der Waals surface area contributed by atoms with E-state index in [1.165, 1.54) is 16.5 Å². The van der Waals surface area contributed by atoms with Gasteiger partial charge in [-0.25, -0.2) is 0 Å². The quantitative estimate of drug-likeness (QED) is 0.600. The molecule has 0 spiro atoms. The zero-order valence-electron chi connectivity index (χ0n) is 11.9. The molecule has 0 aliphatic carbocycles. The minimum Gasteiger partial charge on any atom is -0.361 e. The summed E-state index contributed by atoms with van der Waals surface area (Å²) in [7, 11) is 0. The Labute approximate surface area is 101 Å². The average Bonchev–Trinajstić information content (AvgIpc) is 2.84. The largest absolute Gasteiger partial charge is 0.361 e. The van der Waals surface area contributed by atoms with Gasteiger partial charge in [-0.15, -0.1) is 0 Å². The minimum atomic E-state index is 1.21. The van der Waals surface area contributed by atoms with Crippen LogP contribution in [0.1, 0.15) is 47.1 Å². The van der Waals surface area contributed by atoms with Crippen molar-refractivity contribution in [3.63, 3.8) is 0 Å². The number of nitrogens with one attached hydrogen (secondary N) is 1. The Kier molecular flexibility index (Phi) is 12.7. The second-order valence-corrected chi connectivity index (χ2v) is 2.57. The van der Waals surface area contributed by atoms with E-state index in [0.29, 0.717) is 0 Å². The normalized spacial score (nSPS) is 7.69. The van der Waals surface area contributed by atoms with Crippen molar-refractivity contribution in [3.8, 4) is 0 Å². The summed E-state index contributed by atoms with van der Waals surface area (Å²) in [4.78, 5) is 3.15. The highest BCUT2D eigenvalue weighted by molar-refractivity contribution is 5.79. The van der Waals surface area contributed by atoms with Crippen LogP contribution in [-0.2, 0) is 0 Å². The number of aryl methyl sites for hydroxylation is 1. The molecule has 1 heterocycles. The van der Waals surface area contributed by atoms with Crippen molar-refractivity contribution in [2.75, 3.05) is 0 Å². The van der Waals surface area contributed by atoms with Crippen molar-refractivity contribution in [1.82, 2.24) is 4.98 Å². The molecule has 1 heteroatoms. The molecule has 2 rings (SSSR count). The van der Waals surface area contributed by atoms with Crippen LogP contribution in [0.5, 0.6) is 0 Å². The molecule has 0 unspecified atom stereocenters. The Balaban J connectivity index is 0. The van der Waals surface area contributed by atoms with Crippen molar-refractivity contribution in [2.24, 2.45) is 0 Å². The molecular weight excluding hydrogens is 194 g/mol. The molecule has 1 N–H and O–H groups in total. The maximum Gasteiger partial charge on any atom is 0.0454 e. The van der Waals surface area contributed by atoms with Gasteiger partial charge in [0, 0.05) is 11.7 Å². The molecule has 0 bridgehead atoms. The van der Waals surface area contributed by atoms with Crippen LogP contribution >= 0.6 is 0 Å². The van der Waals surface area contributed by atoms with E-state index >= 15 is 0 Å². The molecule has 2 aromatic rings. The van der Waals surface area contributed by atoms with E-state index in [9.17, 15) is 0 Å². The summed E-state index contributed by atoms with van der Waals surface area (Å²) in [6.45, 7) is 14.1. The molecular formula is C15H27N. The molecule has 0 saturated heterocycles. The van der Waals surface area contributed by atoms with Crippen molar-refractivity contribution in [1.29, 1.82) is 0 Å². The first-order valence-corrected chi connectivity index (χ1v) is 6.40. The van der Waals surface area contributed by atoms with Gasteiger partial charge in [0.1, 0.15) is 0 Å². The topological polar surface area (TPSA) is 15.8 Å². The highest BCUT2D eigenvalue weighted by Crippen LogP contribution is 2.12. The van der Waals surface area contributed by atoms with Gasteiger partial charge in [-0.1, -0.05) is 53.2 Å². The summed E-state index contributed by atoms with van der Waals surface area (Å²) in [6.07, 6.45) is 1.96. The fraction of sp³-hybridized carbons (Fsp3) is 0.467. The molecule has 0 atom stereocenters. The molecule has 1 aromatic carbocycles. The van der Waals surface area contributed by atoms with Gasteiger partial charge in [0.25, 0.3) is 0 Å². The SMILES string of the molecule is CC.CC.CC.Cc1ccc2[nH]ccc2c1. The molecule has 0 fully saturated rings. The Morgan fingerprint density at radius 2 is 1.38 bits per heavy atom. The van der Waals surface area contributed by atoms with Crippen LogP contribution in [0.25, 0.3) is 10.9 Å². The van der Waals surface area contributed by atoms with E-state index in [1.54, 1.807) is 0 Å². The first-order valence-electron chi connectivity index (χ1n) is 6.40. The van der Waals surface area contributed by atoms with Crippen LogP contribution < -0.4 is 0 Å². The maximum atomic E-state index is 3.15. The average molecular weight is 221 g/mol. The van der Waals surface area contributed by atoms with Crippen LogP contribution in [0, 0.1) is 6.92 Å². The van der Waals surface area contributed by atoms with Crippen molar-refractivity contribution >= 4 is 10.9 Å². The smallest absolute Gasteiger partial charge is 0.0454 e. The number of benzene rings is 1. The summed E-state index contributed by atoms with van der Waals surface area (Å²) in [5.41, 5.74) is 2.53. The number of fused-ring (bicyclic) bond motifs is 1. The lowest BCUT2D eigenvalue weighted by atomic mass is 10.2. The van der Waals surface area contributed by atoms with Gasteiger partial charge < -0.3 is 4.98 Å². The van der Waals surface area contributed by atoms with E-state index in [0.717, 1.165) is 0 Å². The summed E-state index contributed by atoms with van der Waals surface area (Å²) < 4.78 is 0. The predicted molar refractivity (Wildman–Crippen MR) is 77.1 cm³/mol. The summed E-state index contributed by atoms with van der Waals surface area (Å²) >= 11 is 0. The zero-order valence-corrected chi connectivity index (χ0v) is 11.9. The Bertz CT molecular complexity index is 347. The number of rotatable bonds is 0. The number of aromatic nitrogens is 1. The highest BCUT2D eigenvalue weighted by Gasteiger charge is 1.90. The molecule has 0 aliphatic heterocycles. The lowest BCUT2D eigenvalue weighted by Gasteiger charge is -1.90. The lowest BCUT2D eigenvalue weighted by molar-refractivity contribution is 1.46. The van der Waals surface area contributed by atoms with E-state index in [4.69, 9.17) is 0 Å². The Hall–Kier alpha value is -1.24. The summed E-state index contributed by atoms with van der Waals surface area (Å²) in [5, 5.41) is 1.29. The van der Waals surface area contributed by atoms with Crippen LogP contribution in [0.2, 0.25) is 0 Å². The predicted octanol–water partition coefficient (Wildman–Crippen LogP) is 5.55. The van der Waals surface area contributed by atoms with E-state index in [1.807, 2.05) is 47.7 Å². The second kappa shape index (κ2) is 11.8. The van der Waals surface area contributed by atoms with E-state index < -0.39 is 0 Å². The third-order valence-electron chi connectivity index (χ3n) is 1.71. The number of H-pyrrole nitrogens is 1. The molecule has 16 heavy (non-hydrogen) atoms. The summed E-state index contributed by atoms with van der Waals surface area (Å²) in [6, 6.07) is 8.47. The molecule has 0 aliphatic rings. The van der Waals surface area contributed by atoms with Gasteiger partial charge in [0.15, 0.2) is 0 Å². The van der Waals surface area contributed by atoms with Crippen molar-refractivity contribution < 1.29 is 0 Å². The Morgan fingerprint density at radius 1 is 0.812 bits per heavy atom. The molecule has 0 amide bonds. The molecule has 0 radical (unpaired) electrons. The van der Waals surface area contributed by atoms with Gasteiger partial charge in [-0.2, -0.15) is 0 Å². The van der Waals surface area contributed by atoms with Crippen LogP contribution in [0.4, 0.5) is 0 Å². The van der Waals surface area contributed by atoms with Crippen molar-refractivity contribution in [3.05, 3.63) is 36.0 Å². The van der Waals surface area contributed by atoms with Crippen molar-refractivity contribution in [2.45, 2.75) is 48.5 Å². The monoisotopic (exact) mass is 221 g/mol. The zero-order chi connectivity index (χ0) is 13.0. The maximum absolute atomic E-state index is 3.15. The molecule has 1 nitrogen and oxygen atoms in total. The standard InChI is InChI=1S/C9H9N.3C2H6/c1-7-2-3-9-8(6-7)4-5-10-9;3*1-2/h2-6,10H,1H3;3*1-2H3. The van der Waals surface area contributed by atoms with Gasteiger partial charge in [-0.3, -0.25) is 0 Å². The summed E-state index contributed by atoms with van der Waals surface area (Å²) in [5.74, 6) is 0. The minimum absolute atomic E-state index is 1.21. The fourth-order valence-corrected chi connectivity index (χ4v) is 1.17. The lowest BCUT2D eigenvalue weighted by Crippen LogP contribution is -1.69. The van der Waals surface area contributed by atoms with Gasteiger partial charge in [-0.05, 0) is 30.5 Å². The molecule has 1 aromatic heterocycles. The fourth-order valence-electron chi connectivity index (χ4n) is 1.17. The third-order valence-corrected chi connectivity index (χ3v) is 1.71. The van der Waals surface area contributed by atoms with E-state index in [2.05, 4.69) is 36.2 Å². The molecule has 92 valence electrons. The van der Waals surface area contributed by atoms with Gasteiger partial charge in [0.2, 0.25) is 0 Å². The van der Waals surface area contributed by atoms with Gasteiger partial charge in [0.05, 0.1) is 0 Å². The van der Waals surface area contributed by atoms with Crippen LogP contribution in [0.15, 0.2) is 30.5 Å². The highest BCUT2D eigenvalue weighted by atomic mass is 14.7. The van der Waals surface area contributed by atoms with Gasteiger partial charge >= 0.3 is 0 Å². The number of hydrogen-bond donors (Lipinski definition) is 1. The first kappa shape index (κ1) is 17.2. The van der Waals surface area contributed by atoms with Crippen LogP contribution in [0.3, 0.4) is 0 Å². The Morgan fingerprint density at radius 3 is 1.94 bits per heavy atom. The molecule has 0 saturated carbocycles. The third kappa shape index (κ3) is 5.59. The van der Waals surface area contributed by atoms with Crippen LogP contribution in [-0.4, -0.2) is 4.98 Å². The first-order chi connectivity index (χ1) is 7.86. The number of hydrogen-bond acceptors (Lipinski definition) is 0. The second-order valence-electron chi connectivity index (χ2n) is 2.57.